The number of amides is 2. The van der Waals surface area contributed by atoms with Crippen molar-refractivity contribution in [2.75, 3.05) is 5.32 Å². The zero-order valence-electron chi connectivity index (χ0n) is 13.5. The Hall–Kier alpha value is -3.22. The molecule has 0 aliphatic heterocycles. The van der Waals surface area contributed by atoms with Crippen LogP contribution in [0.2, 0.25) is 0 Å². The highest BCUT2D eigenvalue weighted by atomic mass is 16.2. The summed E-state index contributed by atoms with van der Waals surface area (Å²) in [5.74, 6) is 0.675. The lowest BCUT2D eigenvalue weighted by atomic mass is 10.1. The van der Waals surface area contributed by atoms with Crippen LogP contribution in [0.4, 0.5) is 10.5 Å². The predicted molar refractivity (Wildman–Crippen MR) is 90.9 cm³/mol. The number of carbonyl (C=O) groups excluding carboxylic acids is 1. The van der Waals surface area contributed by atoms with Crippen LogP contribution in [0.5, 0.6) is 0 Å². The molecule has 7 heteroatoms. The van der Waals surface area contributed by atoms with Gasteiger partial charge in [-0.25, -0.2) is 4.79 Å². The summed E-state index contributed by atoms with van der Waals surface area (Å²) in [5.41, 5.74) is 2.50. The lowest BCUT2D eigenvalue weighted by Gasteiger charge is -2.15. The van der Waals surface area contributed by atoms with Crippen LogP contribution >= 0.6 is 0 Å². The van der Waals surface area contributed by atoms with Gasteiger partial charge in [0.1, 0.15) is 0 Å². The largest absolute Gasteiger partial charge is 0.331 e. The van der Waals surface area contributed by atoms with Crippen LogP contribution in [0.25, 0.3) is 5.69 Å². The van der Waals surface area contributed by atoms with E-state index in [2.05, 4.69) is 26.2 Å². The Kier molecular flexibility index (Phi) is 4.51. The number of rotatable bonds is 4. The van der Waals surface area contributed by atoms with Gasteiger partial charge in [0.2, 0.25) is 0 Å². The Morgan fingerprint density at radius 2 is 1.92 bits per heavy atom. The van der Waals surface area contributed by atoms with Crippen LogP contribution in [0.15, 0.2) is 54.6 Å². The van der Waals surface area contributed by atoms with Crippen molar-refractivity contribution in [3.63, 3.8) is 0 Å². The van der Waals surface area contributed by atoms with E-state index in [1.165, 1.54) is 0 Å². The Balaban J connectivity index is 1.68. The summed E-state index contributed by atoms with van der Waals surface area (Å²) in [7, 11) is 0. The molecule has 2 N–H and O–H groups in total. The number of anilines is 1. The molecule has 0 unspecified atom stereocenters. The molecule has 3 rings (SSSR count). The van der Waals surface area contributed by atoms with Crippen LogP contribution in [-0.2, 0) is 0 Å². The van der Waals surface area contributed by atoms with Crippen molar-refractivity contribution < 1.29 is 4.79 Å². The van der Waals surface area contributed by atoms with Gasteiger partial charge >= 0.3 is 6.03 Å². The summed E-state index contributed by atoms with van der Waals surface area (Å²) >= 11 is 0. The number of benzene rings is 2. The first-order chi connectivity index (χ1) is 11.6. The molecular formula is C17H18N6O. The van der Waals surface area contributed by atoms with Gasteiger partial charge in [-0.3, -0.25) is 0 Å². The third kappa shape index (κ3) is 3.57. The quantitative estimate of drug-likeness (QED) is 0.773. The van der Waals surface area contributed by atoms with E-state index in [1.54, 1.807) is 4.68 Å². The molecule has 1 heterocycles. The van der Waals surface area contributed by atoms with Crippen molar-refractivity contribution in [3.8, 4) is 5.69 Å². The number of nitrogens with one attached hydrogen (secondary N) is 2. The molecule has 2 aromatic carbocycles. The third-order valence-corrected chi connectivity index (χ3v) is 3.62. The number of tetrazole rings is 1. The van der Waals surface area contributed by atoms with Crippen molar-refractivity contribution in [1.82, 2.24) is 25.5 Å². The Morgan fingerprint density at radius 1 is 1.12 bits per heavy atom. The van der Waals surface area contributed by atoms with E-state index in [9.17, 15) is 4.79 Å². The summed E-state index contributed by atoms with van der Waals surface area (Å²) in [6.07, 6.45) is 0. The molecule has 122 valence electrons. The number of aromatic nitrogens is 4. The van der Waals surface area contributed by atoms with Gasteiger partial charge in [-0.05, 0) is 48.0 Å². The topological polar surface area (TPSA) is 84.7 Å². The minimum atomic E-state index is -0.267. The van der Waals surface area contributed by atoms with Crippen LogP contribution in [-0.4, -0.2) is 26.2 Å². The van der Waals surface area contributed by atoms with Gasteiger partial charge in [0.15, 0.2) is 5.82 Å². The standard InChI is InChI=1S/C17H18N6O/c1-12(14-7-4-3-5-8-14)18-17(24)19-15-9-6-10-16(11-15)23-13(2)20-21-22-23/h3-12H,1-2H3,(H2,18,19,24)/t12-/m1/s1. The summed E-state index contributed by atoms with van der Waals surface area (Å²) in [5, 5.41) is 17.2. The highest BCUT2D eigenvalue weighted by Crippen LogP contribution is 2.15. The fourth-order valence-corrected chi connectivity index (χ4v) is 2.37. The van der Waals surface area contributed by atoms with Crippen molar-refractivity contribution in [2.45, 2.75) is 19.9 Å². The Labute approximate surface area is 139 Å². The van der Waals surface area contributed by atoms with E-state index < -0.39 is 0 Å². The highest BCUT2D eigenvalue weighted by molar-refractivity contribution is 5.89. The van der Waals surface area contributed by atoms with Crippen molar-refractivity contribution in [2.24, 2.45) is 0 Å². The molecule has 0 aliphatic carbocycles. The molecule has 1 atom stereocenters. The second-order valence-electron chi connectivity index (χ2n) is 5.42. The van der Waals surface area contributed by atoms with E-state index in [1.807, 2.05) is 68.4 Å². The highest BCUT2D eigenvalue weighted by Gasteiger charge is 2.10. The molecule has 0 saturated heterocycles. The molecule has 24 heavy (non-hydrogen) atoms. The second-order valence-corrected chi connectivity index (χ2v) is 5.42. The van der Waals surface area contributed by atoms with Gasteiger partial charge in [0, 0.05) is 5.69 Å². The molecule has 0 saturated carbocycles. The van der Waals surface area contributed by atoms with Gasteiger partial charge < -0.3 is 10.6 Å². The monoisotopic (exact) mass is 322 g/mol. The normalized spacial score (nSPS) is 11.8. The van der Waals surface area contributed by atoms with E-state index >= 15 is 0 Å². The van der Waals surface area contributed by atoms with Gasteiger partial charge in [-0.1, -0.05) is 36.4 Å². The minimum absolute atomic E-state index is 0.0869. The second kappa shape index (κ2) is 6.91. The number of aryl methyl sites for hydroxylation is 1. The summed E-state index contributed by atoms with van der Waals surface area (Å²) in [6, 6.07) is 16.8. The molecule has 0 spiro atoms. The first-order valence-corrected chi connectivity index (χ1v) is 7.61. The molecule has 0 fully saturated rings. The van der Waals surface area contributed by atoms with Crippen LogP contribution in [0.1, 0.15) is 24.4 Å². The maximum atomic E-state index is 12.2. The molecule has 3 aromatic rings. The number of urea groups is 1. The predicted octanol–water partition coefficient (Wildman–Crippen LogP) is 2.85. The van der Waals surface area contributed by atoms with E-state index in [0.29, 0.717) is 11.5 Å². The van der Waals surface area contributed by atoms with Gasteiger partial charge in [0.05, 0.1) is 11.7 Å². The van der Waals surface area contributed by atoms with Crippen molar-refractivity contribution in [3.05, 3.63) is 66.0 Å². The maximum Gasteiger partial charge on any atom is 0.319 e. The number of nitrogens with zero attached hydrogens (tertiary/aromatic N) is 4. The smallest absolute Gasteiger partial charge is 0.319 e. The SMILES string of the molecule is Cc1nnnn1-c1cccc(NC(=O)N[C@H](C)c2ccccc2)c1. The first-order valence-electron chi connectivity index (χ1n) is 7.61. The molecule has 0 bridgehead atoms. The summed E-state index contributed by atoms with van der Waals surface area (Å²) in [6.45, 7) is 3.75. The molecule has 0 aliphatic rings. The Bertz CT molecular complexity index is 830. The van der Waals surface area contributed by atoms with Gasteiger partial charge in [-0.15, -0.1) is 5.10 Å². The molecule has 1 aromatic heterocycles. The summed E-state index contributed by atoms with van der Waals surface area (Å²) < 4.78 is 1.61. The average molecular weight is 322 g/mol. The van der Waals surface area contributed by atoms with Crippen LogP contribution in [0, 0.1) is 6.92 Å². The van der Waals surface area contributed by atoms with E-state index in [0.717, 1.165) is 11.3 Å². The Morgan fingerprint density at radius 3 is 2.62 bits per heavy atom. The van der Waals surface area contributed by atoms with Crippen molar-refractivity contribution in [1.29, 1.82) is 0 Å². The molecule has 2 amide bonds. The lowest BCUT2D eigenvalue weighted by Crippen LogP contribution is -2.31. The first kappa shape index (κ1) is 15.7. The van der Waals surface area contributed by atoms with Crippen molar-refractivity contribution >= 4 is 11.7 Å². The molecular weight excluding hydrogens is 304 g/mol. The number of carbonyl (C=O) groups is 1. The minimum Gasteiger partial charge on any atom is -0.331 e. The average Bonchev–Trinajstić information content (AvgIpc) is 3.02. The zero-order chi connectivity index (χ0) is 16.9. The van der Waals surface area contributed by atoms with Crippen LogP contribution in [0.3, 0.4) is 0 Å². The fraction of sp³-hybridized carbons (Fsp3) is 0.176. The van der Waals surface area contributed by atoms with E-state index in [-0.39, 0.29) is 12.1 Å². The lowest BCUT2D eigenvalue weighted by molar-refractivity contribution is 0.249. The summed E-state index contributed by atoms with van der Waals surface area (Å²) in [4.78, 5) is 12.2. The third-order valence-electron chi connectivity index (χ3n) is 3.62. The van der Waals surface area contributed by atoms with Crippen LogP contribution < -0.4 is 10.6 Å². The van der Waals surface area contributed by atoms with Gasteiger partial charge in [0.25, 0.3) is 0 Å². The molecule has 7 nitrogen and oxygen atoms in total. The van der Waals surface area contributed by atoms with E-state index in [4.69, 9.17) is 0 Å². The fourth-order valence-electron chi connectivity index (χ4n) is 2.37. The van der Waals surface area contributed by atoms with Gasteiger partial charge in [-0.2, -0.15) is 4.68 Å². The molecule has 0 radical (unpaired) electrons. The zero-order valence-corrected chi connectivity index (χ0v) is 13.5. The maximum absolute atomic E-state index is 12.2. The number of hydrogen-bond donors (Lipinski definition) is 2. The number of hydrogen-bond acceptors (Lipinski definition) is 4.